The molecule has 1 aliphatic heterocycles. The Morgan fingerprint density at radius 2 is 1.96 bits per heavy atom. The molecule has 0 fully saturated rings. The molecular weight excluding hydrogens is 322 g/mol. The van der Waals surface area contributed by atoms with Crippen molar-refractivity contribution in [3.63, 3.8) is 0 Å². The highest BCUT2D eigenvalue weighted by molar-refractivity contribution is 5.96. The third kappa shape index (κ3) is 4.09. The second kappa shape index (κ2) is 7.70. The minimum Gasteiger partial charge on any atom is -0.485 e. The molecule has 1 heterocycles. The van der Waals surface area contributed by atoms with Crippen molar-refractivity contribution in [2.45, 2.75) is 19.4 Å². The molecule has 2 aromatic carbocycles. The molecule has 6 nitrogen and oxygen atoms in total. The first-order chi connectivity index (χ1) is 12.2. The largest absolute Gasteiger partial charge is 0.485 e. The lowest BCUT2D eigenvalue weighted by atomic mass is 10.2. The summed E-state index contributed by atoms with van der Waals surface area (Å²) >= 11 is 0. The Labute approximate surface area is 145 Å². The van der Waals surface area contributed by atoms with Gasteiger partial charge in [-0.25, -0.2) is 4.79 Å². The Morgan fingerprint density at radius 3 is 2.76 bits per heavy atom. The van der Waals surface area contributed by atoms with E-state index in [1.54, 1.807) is 36.4 Å². The molecule has 0 saturated heterocycles. The number of anilines is 1. The van der Waals surface area contributed by atoms with Crippen molar-refractivity contribution in [2.75, 3.05) is 18.5 Å². The summed E-state index contributed by atoms with van der Waals surface area (Å²) < 4.78 is 16.3. The number of hydrogen-bond donors (Lipinski definition) is 1. The maximum absolute atomic E-state index is 12.4. The van der Waals surface area contributed by atoms with Crippen molar-refractivity contribution in [2.24, 2.45) is 0 Å². The van der Waals surface area contributed by atoms with Gasteiger partial charge in [0.2, 0.25) is 6.10 Å². The van der Waals surface area contributed by atoms with Crippen LogP contribution < -0.4 is 14.8 Å². The van der Waals surface area contributed by atoms with E-state index < -0.39 is 12.1 Å². The van der Waals surface area contributed by atoms with Crippen LogP contribution in [0.4, 0.5) is 5.69 Å². The quantitative estimate of drug-likeness (QED) is 0.846. The summed E-state index contributed by atoms with van der Waals surface area (Å²) in [6.07, 6.45) is -0.00607. The van der Waals surface area contributed by atoms with E-state index in [4.69, 9.17) is 14.2 Å². The number of rotatable bonds is 5. The van der Waals surface area contributed by atoms with Gasteiger partial charge >= 0.3 is 5.97 Å². The van der Waals surface area contributed by atoms with Crippen molar-refractivity contribution >= 4 is 17.6 Å². The van der Waals surface area contributed by atoms with Crippen molar-refractivity contribution < 1.29 is 23.8 Å². The van der Waals surface area contributed by atoms with Gasteiger partial charge in [0, 0.05) is 5.69 Å². The normalized spacial score (nSPS) is 15.3. The van der Waals surface area contributed by atoms with Crippen molar-refractivity contribution in [1.29, 1.82) is 0 Å². The Morgan fingerprint density at radius 1 is 1.16 bits per heavy atom. The Balaban J connectivity index is 1.64. The molecule has 1 amide bonds. The van der Waals surface area contributed by atoms with E-state index in [1.165, 1.54) is 0 Å². The summed E-state index contributed by atoms with van der Waals surface area (Å²) in [4.78, 5) is 24.3. The van der Waals surface area contributed by atoms with Crippen LogP contribution in [-0.4, -0.2) is 31.2 Å². The van der Waals surface area contributed by atoms with E-state index in [0.29, 0.717) is 29.4 Å². The fraction of sp³-hybridized carbons (Fsp3) is 0.263. The summed E-state index contributed by atoms with van der Waals surface area (Å²) in [6, 6.07) is 13.8. The maximum Gasteiger partial charge on any atom is 0.338 e. The van der Waals surface area contributed by atoms with Gasteiger partial charge in [0.1, 0.15) is 6.61 Å². The number of esters is 1. The molecule has 1 atom stereocenters. The van der Waals surface area contributed by atoms with Gasteiger partial charge in [-0.05, 0) is 36.8 Å². The van der Waals surface area contributed by atoms with Gasteiger partial charge in [-0.15, -0.1) is 0 Å². The van der Waals surface area contributed by atoms with Crippen molar-refractivity contribution in [3.05, 3.63) is 54.1 Å². The smallest absolute Gasteiger partial charge is 0.338 e. The van der Waals surface area contributed by atoms with Crippen molar-refractivity contribution in [3.8, 4) is 11.5 Å². The van der Waals surface area contributed by atoms with E-state index in [2.05, 4.69) is 5.32 Å². The van der Waals surface area contributed by atoms with Crippen LogP contribution >= 0.6 is 0 Å². The molecule has 0 saturated carbocycles. The summed E-state index contributed by atoms with van der Waals surface area (Å²) in [5, 5.41) is 2.74. The molecule has 0 aliphatic carbocycles. The van der Waals surface area contributed by atoms with Crippen LogP contribution in [0.1, 0.15) is 23.7 Å². The van der Waals surface area contributed by atoms with E-state index >= 15 is 0 Å². The Hall–Kier alpha value is -3.02. The number of hydrogen-bond acceptors (Lipinski definition) is 5. The van der Waals surface area contributed by atoms with Crippen LogP contribution in [0.3, 0.4) is 0 Å². The average Bonchev–Trinajstić information content (AvgIpc) is 2.65. The first kappa shape index (κ1) is 16.8. The lowest BCUT2D eigenvalue weighted by Crippen LogP contribution is -2.40. The molecule has 25 heavy (non-hydrogen) atoms. The Kier molecular flexibility index (Phi) is 5.18. The van der Waals surface area contributed by atoms with Crippen LogP contribution in [0.15, 0.2) is 48.5 Å². The van der Waals surface area contributed by atoms with Gasteiger partial charge in [-0.2, -0.15) is 0 Å². The van der Waals surface area contributed by atoms with Crippen molar-refractivity contribution in [1.82, 2.24) is 0 Å². The topological polar surface area (TPSA) is 73.9 Å². The van der Waals surface area contributed by atoms with Gasteiger partial charge in [0.25, 0.3) is 5.91 Å². The molecule has 1 unspecified atom stereocenters. The van der Waals surface area contributed by atoms with E-state index in [9.17, 15) is 9.59 Å². The first-order valence-corrected chi connectivity index (χ1v) is 8.14. The SMILES string of the molecule is CCCOC(=O)c1cccc(NC(=O)C2COc3ccccc3O2)c1. The standard InChI is InChI=1S/C19H19NO5/c1-2-10-23-19(22)13-6-5-7-14(11-13)20-18(21)17-12-24-15-8-3-4-9-16(15)25-17/h3-9,11,17H,2,10,12H2,1H3,(H,20,21). The predicted octanol–water partition coefficient (Wildman–Crippen LogP) is 3.03. The van der Waals surface area contributed by atoms with Gasteiger partial charge in [0.05, 0.1) is 12.2 Å². The monoisotopic (exact) mass is 341 g/mol. The molecule has 2 aromatic rings. The van der Waals surface area contributed by atoms with Crippen LogP contribution in [0.2, 0.25) is 0 Å². The van der Waals surface area contributed by atoms with Crippen LogP contribution in [0, 0.1) is 0 Å². The highest BCUT2D eigenvalue weighted by atomic mass is 16.6. The number of carbonyl (C=O) groups is 2. The fourth-order valence-corrected chi connectivity index (χ4v) is 2.37. The van der Waals surface area contributed by atoms with E-state index in [1.807, 2.05) is 19.1 Å². The third-order valence-electron chi connectivity index (χ3n) is 3.60. The molecular formula is C19H19NO5. The number of para-hydroxylation sites is 2. The predicted molar refractivity (Wildman–Crippen MR) is 92.0 cm³/mol. The van der Waals surface area contributed by atoms with Gasteiger partial charge in [-0.3, -0.25) is 4.79 Å². The third-order valence-corrected chi connectivity index (χ3v) is 3.60. The van der Waals surface area contributed by atoms with Crippen LogP contribution in [-0.2, 0) is 9.53 Å². The van der Waals surface area contributed by atoms with E-state index in [-0.39, 0.29) is 12.5 Å². The number of carbonyl (C=O) groups excluding carboxylic acids is 2. The molecule has 0 radical (unpaired) electrons. The number of fused-ring (bicyclic) bond motifs is 1. The summed E-state index contributed by atoms with van der Waals surface area (Å²) in [5.74, 6) is 0.399. The van der Waals surface area contributed by atoms with Crippen LogP contribution in [0.5, 0.6) is 11.5 Å². The highest BCUT2D eigenvalue weighted by Crippen LogP contribution is 2.31. The molecule has 6 heteroatoms. The van der Waals surface area contributed by atoms with Gasteiger partial charge in [0.15, 0.2) is 11.5 Å². The lowest BCUT2D eigenvalue weighted by Gasteiger charge is -2.25. The lowest BCUT2D eigenvalue weighted by molar-refractivity contribution is -0.125. The summed E-state index contributed by atoms with van der Waals surface area (Å²) in [6.45, 7) is 2.41. The van der Waals surface area contributed by atoms with Gasteiger partial charge < -0.3 is 19.5 Å². The second-order valence-corrected chi connectivity index (χ2v) is 5.57. The van der Waals surface area contributed by atoms with E-state index in [0.717, 1.165) is 6.42 Å². The molecule has 130 valence electrons. The second-order valence-electron chi connectivity index (χ2n) is 5.57. The average molecular weight is 341 g/mol. The van der Waals surface area contributed by atoms with Gasteiger partial charge in [-0.1, -0.05) is 25.1 Å². The highest BCUT2D eigenvalue weighted by Gasteiger charge is 2.27. The number of amides is 1. The first-order valence-electron chi connectivity index (χ1n) is 8.14. The summed E-state index contributed by atoms with van der Waals surface area (Å²) in [7, 11) is 0. The summed E-state index contributed by atoms with van der Waals surface area (Å²) in [5.41, 5.74) is 0.885. The molecule has 3 rings (SSSR count). The molecule has 1 N–H and O–H groups in total. The number of nitrogens with one attached hydrogen (secondary N) is 1. The minimum atomic E-state index is -0.759. The Bertz CT molecular complexity index is 774. The van der Waals surface area contributed by atoms with Crippen LogP contribution in [0.25, 0.3) is 0 Å². The fourth-order valence-electron chi connectivity index (χ4n) is 2.37. The maximum atomic E-state index is 12.4. The molecule has 0 aromatic heterocycles. The zero-order chi connectivity index (χ0) is 17.6. The zero-order valence-electron chi connectivity index (χ0n) is 13.9. The molecule has 0 spiro atoms. The molecule has 1 aliphatic rings. The number of ether oxygens (including phenoxy) is 3. The zero-order valence-corrected chi connectivity index (χ0v) is 13.9. The molecule has 0 bridgehead atoms. The minimum absolute atomic E-state index is 0.126. The number of benzene rings is 2.